The van der Waals surface area contributed by atoms with Crippen LogP contribution in [0.25, 0.3) is 0 Å². The second-order valence-corrected chi connectivity index (χ2v) is 6.77. The Bertz CT molecular complexity index is 818. The summed E-state index contributed by atoms with van der Waals surface area (Å²) < 4.78 is 10.5. The SMILES string of the molecule is COc1ccccc1C(=O)NCC(=O)N1CCCC1c1noc(C(C)C)n1. The molecule has 27 heavy (non-hydrogen) atoms. The van der Waals surface area contributed by atoms with Crippen molar-refractivity contribution < 1.29 is 18.8 Å². The van der Waals surface area contributed by atoms with Crippen LogP contribution in [-0.4, -0.2) is 47.1 Å². The number of hydrogen-bond acceptors (Lipinski definition) is 6. The topological polar surface area (TPSA) is 97.6 Å². The lowest BCUT2D eigenvalue weighted by Gasteiger charge is -2.22. The zero-order valence-corrected chi connectivity index (χ0v) is 15.8. The van der Waals surface area contributed by atoms with Gasteiger partial charge in [-0.15, -0.1) is 0 Å². The molecule has 2 amide bonds. The molecule has 1 atom stereocenters. The van der Waals surface area contributed by atoms with Gasteiger partial charge in [0.1, 0.15) is 5.75 Å². The van der Waals surface area contributed by atoms with E-state index in [1.165, 1.54) is 7.11 Å². The summed E-state index contributed by atoms with van der Waals surface area (Å²) in [7, 11) is 1.50. The van der Waals surface area contributed by atoms with Gasteiger partial charge in [-0.1, -0.05) is 31.1 Å². The fourth-order valence-corrected chi connectivity index (χ4v) is 3.14. The molecule has 2 aromatic rings. The monoisotopic (exact) mass is 372 g/mol. The fraction of sp³-hybridized carbons (Fsp3) is 0.474. The van der Waals surface area contributed by atoms with Crippen molar-refractivity contribution in [3.63, 3.8) is 0 Å². The molecule has 1 aromatic heterocycles. The Balaban J connectivity index is 1.63. The molecule has 2 heterocycles. The Kier molecular flexibility index (Phi) is 5.73. The van der Waals surface area contributed by atoms with Crippen molar-refractivity contribution in [1.82, 2.24) is 20.4 Å². The Morgan fingerprint density at radius 2 is 2.15 bits per heavy atom. The van der Waals surface area contributed by atoms with Gasteiger partial charge in [0.15, 0.2) is 5.82 Å². The number of methoxy groups -OCH3 is 1. The van der Waals surface area contributed by atoms with Gasteiger partial charge in [-0.25, -0.2) is 0 Å². The highest BCUT2D eigenvalue weighted by Crippen LogP contribution is 2.30. The van der Waals surface area contributed by atoms with Crippen LogP contribution < -0.4 is 10.1 Å². The van der Waals surface area contributed by atoms with Gasteiger partial charge in [0.25, 0.3) is 5.91 Å². The van der Waals surface area contributed by atoms with Crippen molar-refractivity contribution in [3.05, 3.63) is 41.5 Å². The van der Waals surface area contributed by atoms with E-state index in [-0.39, 0.29) is 30.3 Å². The number of hydrogen-bond donors (Lipinski definition) is 1. The highest BCUT2D eigenvalue weighted by atomic mass is 16.5. The first-order chi connectivity index (χ1) is 13.0. The van der Waals surface area contributed by atoms with E-state index in [0.717, 1.165) is 12.8 Å². The van der Waals surface area contributed by atoms with Crippen molar-refractivity contribution in [2.45, 2.75) is 38.6 Å². The summed E-state index contributed by atoms with van der Waals surface area (Å²) in [4.78, 5) is 31.1. The molecular formula is C19H24N4O4. The lowest BCUT2D eigenvalue weighted by Crippen LogP contribution is -2.40. The van der Waals surface area contributed by atoms with Crippen LogP contribution in [0.3, 0.4) is 0 Å². The molecule has 0 saturated carbocycles. The van der Waals surface area contributed by atoms with E-state index < -0.39 is 0 Å². The van der Waals surface area contributed by atoms with Crippen LogP contribution in [0.2, 0.25) is 0 Å². The van der Waals surface area contributed by atoms with Crippen LogP contribution in [0, 0.1) is 0 Å². The van der Waals surface area contributed by atoms with Crippen LogP contribution in [0.4, 0.5) is 0 Å². The first-order valence-corrected chi connectivity index (χ1v) is 9.05. The summed E-state index contributed by atoms with van der Waals surface area (Å²) in [6.07, 6.45) is 1.64. The normalized spacial score (nSPS) is 16.6. The number of para-hydroxylation sites is 1. The quantitative estimate of drug-likeness (QED) is 0.835. The maximum Gasteiger partial charge on any atom is 0.255 e. The van der Waals surface area contributed by atoms with Crippen LogP contribution in [0.5, 0.6) is 5.75 Å². The number of aromatic nitrogens is 2. The Morgan fingerprint density at radius 3 is 2.85 bits per heavy atom. The summed E-state index contributed by atoms with van der Waals surface area (Å²) in [5, 5.41) is 6.71. The third-order valence-corrected chi connectivity index (χ3v) is 4.57. The number of ether oxygens (including phenoxy) is 1. The summed E-state index contributed by atoms with van der Waals surface area (Å²) >= 11 is 0. The molecule has 1 saturated heterocycles. The van der Waals surface area contributed by atoms with Crippen LogP contribution in [0.1, 0.15) is 60.7 Å². The van der Waals surface area contributed by atoms with E-state index >= 15 is 0 Å². The highest BCUT2D eigenvalue weighted by Gasteiger charge is 2.33. The summed E-state index contributed by atoms with van der Waals surface area (Å²) in [5.41, 5.74) is 0.394. The Morgan fingerprint density at radius 1 is 1.37 bits per heavy atom. The van der Waals surface area contributed by atoms with Gasteiger partial charge >= 0.3 is 0 Å². The molecule has 144 valence electrons. The Hall–Kier alpha value is -2.90. The van der Waals surface area contributed by atoms with Gasteiger partial charge in [0.2, 0.25) is 11.8 Å². The van der Waals surface area contributed by atoms with E-state index in [1.54, 1.807) is 29.2 Å². The number of carbonyl (C=O) groups is 2. The van der Waals surface area contributed by atoms with E-state index in [0.29, 0.717) is 29.6 Å². The predicted octanol–water partition coefficient (Wildman–Crippen LogP) is 2.30. The molecule has 8 nitrogen and oxygen atoms in total. The van der Waals surface area contributed by atoms with E-state index in [1.807, 2.05) is 13.8 Å². The number of carbonyl (C=O) groups excluding carboxylic acids is 2. The Labute approximate surface area is 157 Å². The number of benzene rings is 1. The smallest absolute Gasteiger partial charge is 0.255 e. The average molecular weight is 372 g/mol. The van der Waals surface area contributed by atoms with Crippen molar-refractivity contribution >= 4 is 11.8 Å². The van der Waals surface area contributed by atoms with E-state index in [4.69, 9.17) is 9.26 Å². The van der Waals surface area contributed by atoms with Gasteiger partial charge in [-0.3, -0.25) is 9.59 Å². The van der Waals surface area contributed by atoms with Gasteiger partial charge in [-0.05, 0) is 25.0 Å². The first-order valence-electron chi connectivity index (χ1n) is 9.05. The number of nitrogens with one attached hydrogen (secondary N) is 1. The number of amides is 2. The van der Waals surface area contributed by atoms with Gasteiger partial charge in [-0.2, -0.15) is 4.98 Å². The third-order valence-electron chi connectivity index (χ3n) is 4.57. The maximum atomic E-state index is 12.7. The lowest BCUT2D eigenvalue weighted by atomic mass is 10.2. The van der Waals surface area contributed by atoms with Gasteiger partial charge in [0, 0.05) is 12.5 Å². The second-order valence-electron chi connectivity index (χ2n) is 6.77. The van der Waals surface area contributed by atoms with Gasteiger partial charge in [0.05, 0.1) is 25.3 Å². The maximum absolute atomic E-state index is 12.7. The molecule has 1 N–H and O–H groups in total. The average Bonchev–Trinajstić information content (AvgIpc) is 3.34. The molecule has 3 rings (SSSR count). The van der Waals surface area contributed by atoms with Crippen LogP contribution in [-0.2, 0) is 4.79 Å². The predicted molar refractivity (Wildman–Crippen MR) is 97.4 cm³/mol. The fourth-order valence-electron chi connectivity index (χ4n) is 3.14. The highest BCUT2D eigenvalue weighted by molar-refractivity contribution is 5.98. The lowest BCUT2D eigenvalue weighted by molar-refractivity contribution is -0.131. The van der Waals surface area contributed by atoms with Crippen molar-refractivity contribution in [2.24, 2.45) is 0 Å². The molecule has 1 aromatic carbocycles. The van der Waals surface area contributed by atoms with Crippen molar-refractivity contribution in [3.8, 4) is 5.75 Å². The molecule has 0 aliphatic carbocycles. The molecular weight excluding hydrogens is 348 g/mol. The molecule has 1 unspecified atom stereocenters. The minimum atomic E-state index is -0.349. The molecule has 1 aliphatic heterocycles. The third kappa shape index (κ3) is 4.10. The standard InChI is InChI=1S/C19H24N4O4/c1-12(2)19-21-17(22-27-19)14-8-6-10-23(14)16(24)11-20-18(25)13-7-4-5-9-15(13)26-3/h4-5,7,9,12,14H,6,8,10-11H2,1-3H3,(H,20,25). The molecule has 1 aliphatic rings. The van der Waals surface area contributed by atoms with Gasteiger partial charge < -0.3 is 19.5 Å². The summed E-state index contributed by atoms with van der Waals surface area (Å²) in [6, 6.07) is 6.68. The number of nitrogens with zero attached hydrogens (tertiary/aromatic N) is 3. The zero-order valence-electron chi connectivity index (χ0n) is 15.8. The summed E-state index contributed by atoms with van der Waals surface area (Å²) in [5.74, 6) is 1.18. The number of rotatable bonds is 6. The molecule has 8 heteroatoms. The van der Waals surface area contributed by atoms with E-state index in [2.05, 4.69) is 15.5 Å². The second kappa shape index (κ2) is 8.20. The zero-order chi connectivity index (χ0) is 19.4. The van der Waals surface area contributed by atoms with Crippen LogP contribution >= 0.6 is 0 Å². The molecule has 0 spiro atoms. The van der Waals surface area contributed by atoms with Crippen LogP contribution in [0.15, 0.2) is 28.8 Å². The largest absolute Gasteiger partial charge is 0.496 e. The minimum absolute atomic E-state index is 0.0950. The number of likely N-dealkylation sites (tertiary alicyclic amines) is 1. The molecule has 0 bridgehead atoms. The van der Waals surface area contributed by atoms with E-state index in [9.17, 15) is 9.59 Å². The van der Waals surface area contributed by atoms with Crippen molar-refractivity contribution in [2.75, 3.05) is 20.2 Å². The van der Waals surface area contributed by atoms with Crippen molar-refractivity contribution in [1.29, 1.82) is 0 Å². The minimum Gasteiger partial charge on any atom is -0.496 e. The first kappa shape index (κ1) is 18.9. The molecule has 0 radical (unpaired) electrons. The summed E-state index contributed by atoms with van der Waals surface area (Å²) in [6.45, 7) is 4.46. The molecule has 1 fully saturated rings.